The zero-order valence-electron chi connectivity index (χ0n) is 10.0. The van der Waals surface area contributed by atoms with E-state index in [1.54, 1.807) is 11.3 Å². The predicted octanol–water partition coefficient (Wildman–Crippen LogP) is 3.80. The molecule has 0 amide bonds. The molecule has 94 valence electrons. The Hall–Kier alpha value is -0.870. The quantitative estimate of drug-likeness (QED) is 0.850. The van der Waals surface area contributed by atoms with Crippen molar-refractivity contribution >= 4 is 39.0 Å². The fraction of sp³-hybridized carbons (Fsp3) is 0.538. The molecule has 0 unspecified atom stereocenters. The summed E-state index contributed by atoms with van der Waals surface area (Å²) in [5, 5.41) is 5.11. The van der Waals surface area contributed by atoms with Crippen LogP contribution in [0.4, 0.5) is 5.82 Å². The maximum Gasteiger partial charge on any atom is 0.225 e. The lowest BCUT2D eigenvalue weighted by Gasteiger charge is -2.12. The van der Waals surface area contributed by atoms with E-state index in [0.29, 0.717) is 11.3 Å². The molecule has 2 aliphatic carbocycles. The van der Waals surface area contributed by atoms with Crippen molar-refractivity contribution < 1.29 is 0 Å². The summed E-state index contributed by atoms with van der Waals surface area (Å²) in [5.41, 5.74) is 1.47. The normalized spacial score (nSPS) is 18.9. The van der Waals surface area contributed by atoms with Crippen LogP contribution in [-0.2, 0) is 12.8 Å². The Bertz CT molecular complexity index is 618. The van der Waals surface area contributed by atoms with E-state index in [-0.39, 0.29) is 0 Å². The molecule has 0 saturated heterocycles. The monoisotopic (exact) mass is 279 g/mol. The van der Waals surface area contributed by atoms with Crippen LogP contribution in [0, 0.1) is 0 Å². The van der Waals surface area contributed by atoms with Gasteiger partial charge in [0.25, 0.3) is 0 Å². The summed E-state index contributed by atoms with van der Waals surface area (Å²) in [6, 6.07) is 0.596. The van der Waals surface area contributed by atoms with E-state index >= 15 is 0 Å². The fourth-order valence-electron chi connectivity index (χ4n) is 2.66. The summed E-state index contributed by atoms with van der Waals surface area (Å²) in [6.45, 7) is 0. The van der Waals surface area contributed by atoms with E-state index in [2.05, 4.69) is 15.3 Å². The number of aromatic nitrogens is 2. The van der Waals surface area contributed by atoms with Crippen LogP contribution in [0.2, 0.25) is 5.28 Å². The number of hydrogen-bond donors (Lipinski definition) is 1. The second-order valence-electron chi connectivity index (χ2n) is 5.15. The van der Waals surface area contributed by atoms with Crippen LogP contribution in [0.3, 0.4) is 0 Å². The standard InChI is InChI=1S/C13H14ClN3S/c14-13-16-11(15-7-5-6-7)10-8-3-1-2-4-9(8)18-12(10)17-13/h7H,1-6H2,(H,15,16,17). The fourth-order valence-corrected chi connectivity index (χ4v) is 4.14. The molecule has 1 N–H and O–H groups in total. The molecule has 0 bridgehead atoms. The van der Waals surface area contributed by atoms with Gasteiger partial charge in [0.05, 0.1) is 5.39 Å². The Balaban J connectivity index is 1.93. The van der Waals surface area contributed by atoms with Gasteiger partial charge in [0.1, 0.15) is 10.6 Å². The third-order valence-electron chi connectivity index (χ3n) is 3.71. The Morgan fingerprint density at radius 3 is 2.83 bits per heavy atom. The van der Waals surface area contributed by atoms with Gasteiger partial charge >= 0.3 is 0 Å². The maximum absolute atomic E-state index is 6.04. The highest BCUT2D eigenvalue weighted by Crippen LogP contribution is 2.40. The van der Waals surface area contributed by atoms with E-state index in [4.69, 9.17) is 11.6 Å². The number of anilines is 1. The first-order valence-corrected chi connectivity index (χ1v) is 7.75. The Morgan fingerprint density at radius 2 is 2.00 bits per heavy atom. The number of fused-ring (bicyclic) bond motifs is 3. The molecule has 0 spiro atoms. The zero-order chi connectivity index (χ0) is 12.1. The molecular formula is C13H14ClN3S. The van der Waals surface area contributed by atoms with Crippen molar-refractivity contribution in [1.82, 2.24) is 9.97 Å². The highest BCUT2D eigenvalue weighted by atomic mass is 35.5. The molecule has 2 aliphatic rings. The molecule has 2 aromatic rings. The Kier molecular flexibility index (Phi) is 2.49. The van der Waals surface area contributed by atoms with Gasteiger partial charge in [-0.2, -0.15) is 0 Å². The number of rotatable bonds is 2. The third-order valence-corrected chi connectivity index (χ3v) is 5.06. The third kappa shape index (κ3) is 1.79. The summed E-state index contributed by atoms with van der Waals surface area (Å²) in [7, 11) is 0. The van der Waals surface area contributed by atoms with Gasteiger partial charge in [0.2, 0.25) is 5.28 Å². The van der Waals surface area contributed by atoms with Gasteiger partial charge in [0.15, 0.2) is 0 Å². The average Bonchev–Trinajstić information content (AvgIpc) is 3.07. The van der Waals surface area contributed by atoms with Crippen molar-refractivity contribution in [3.63, 3.8) is 0 Å². The average molecular weight is 280 g/mol. The van der Waals surface area contributed by atoms with Gasteiger partial charge in [0, 0.05) is 10.9 Å². The first kappa shape index (κ1) is 11.0. The van der Waals surface area contributed by atoms with E-state index in [1.807, 2.05) is 0 Å². The van der Waals surface area contributed by atoms with Crippen LogP contribution in [0.5, 0.6) is 0 Å². The second kappa shape index (κ2) is 4.07. The zero-order valence-corrected chi connectivity index (χ0v) is 11.6. The van der Waals surface area contributed by atoms with Gasteiger partial charge in [-0.25, -0.2) is 9.97 Å². The smallest absolute Gasteiger partial charge is 0.225 e. The second-order valence-corrected chi connectivity index (χ2v) is 6.57. The number of hydrogen-bond acceptors (Lipinski definition) is 4. The maximum atomic E-state index is 6.04. The van der Waals surface area contributed by atoms with Gasteiger partial charge in [-0.05, 0) is 55.7 Å². The lowest BCUT2D eigenvalue weighted by atomic mass is 9.97. The van der Waals surface area contributed by atoms with E-state index in [1.165, 1.54) is 54.4 Å². The van der Waals surface area contributed by atoms with Crippen molar-refractivity contribution in [1.29, 1.82) is 0 Å². The van der Waals surface area contributed by atoms with Crippen LogP contribution < -0.4 is 5.32 Å². The van der Waals surface area contributed by atoms with E-state index in [9.17, 15) is 0 Å². The van der Waals surface area contributed by atoms with Crippen LogP contribution in [-0.4, -0.2) is 16.0 Å². The van der Waals surface area contributed by atoms with Gasteiger partial charge in [-0.1, -0.05) is 0 Å². The topological polar surface area (TPSA) is 37.8 Å². The van der Waals surface area contributed by atoms with E-state index in [0.717, 1.165) is 10.6 Å². The molecule has 0 aromatic carbocycles. The first-order valence-electron chi connectivity index (χ1n) is 6.55. The molecule has 1 saturated carbocycles. The van der Waals surface area contributed by atoms with Crippen molar-refractivity contribution in [3.8, 4) is 0 Å². The summed E-state index contributed by atoms with van der Waals surface area (Å²) >= 11 is 7.84. The Morgan fingerprint density at radius 1 is 1.17 bits per heavy atom. The molecule has 2 aromatic heterocycles. The Labute approximate surface area is 115 Å². The van der Waals surface area contributed by atoms with Crippen LogP contribution >= 0.6 is 22.9 Å². The largest absolute Gasteiger partial charge is 0.367 e. The van der Waals surface area contributed by atoms with Crippen LogP contribution in [0.25, 0.3) is 10.2 Å². The molecule has 5 heteroatoms. The number of nitrogens with one attached hydrogen (secondary N) is 1. The van der Waals surface area contributed by atoms with Crippen molar-refractivity contribution in [2.75, 3.05) is 5.32 Å². The van der Waals surface area contributed by atoms with E-state index < -0.39 is 0 Å². The first-order chi connectivity index (χ1) is 8.81. The summed E-state index contributed by atoms with van der Waals surface area (Å²) in [5.74, 6) is 0.965. The highest BCUT2D eigenvalue weighted by molar-refractivity contribution is 7.19. The van der Waals surface area contributed by atoms with Crippen molar-refractivity contribution in [3.05, 3.63) is 15.7 Å². The van der Waals surface area contributed by atoms with Crippen LogP contribution in [0.1, 0.15) is 36.1 Å². The van der Waals surface area contributed by atoms with Crippen molar-refractivity contribution in [2.45, 2.75) is 44.6 Å². The molecular weight excluding hydrogens is 266 g/mol. The van der Waals surface area contributed by atoms with Crippen LogP contribution in [0.15, 0.2) is 0 Å². The summed E-state index contributed by atoms with van der Waals surface area (Å²) in [4.78, 5) is 11.4. The summed E-state index contributed by atoms with van der Waals surface area (Å²) in [6.07, 6.45) is 7.43. The van der Waals surface area contributed by atoms with Crippen molar-refractivity contribution in [2.24, 2.45) is 0 Å². The molecule has 0 radical (unpaired) electrons. The molecule has 2 heterocycles. The SMILES string of the molecule is Clc1nc(NC2CC2)c2c3c(sc2n1)CCCC3. The molecule has 4 rings (SSSR count). The predicted molar refractivity (Wildman–Crippen MR) is 75.7 cm³/mol. The molecule has 0 atom stereocenters. The summed E-state index contributed by atoms with van der Waals surface area (Å²) < 4.78 is 0. The number of nitrogens with zero attached hydrogens (tertiary/aromatic N) is 2. The minimum atomic E-state index is 0.365. The number of thiophene rings is 1. The molecule has 3 nitrogen and oxygen atoms in total. The lowest BCUT2D eigenvalue weighted by Crippen LogP contribution is -2.06. The minimum Gasteiger partial charge on any atom is -0.367 e. The highest BCUT2D eigenvalue weighted by Gasteiger charge is 2.26. The molecule has 18 heavy (non-hydrogen) atoms. The number of halogens is 1. The van der Waals surface area contributed by atoms with Gasteiger partial charge in [-0.3, -0.25) is 0 Å². The number of aryl methyl sites for hydroxylation is 2. The lowest BCUT2D eigenvalue weighted by molar-refractivity contribution is 0.700. The minimum absolute atomic E-state index is 0.365. The molecule has 0 aliphatic heterocycles. The van der Waals surface area contributed by atoms with Gasteiger partial charge < -0.3 is 5.32 Å². The molecule has 1 fully saturated rings. The van der Waals surface area contributed by atoms with Gasteiger partial charge in [-0.15, -0.1) is 11.3 Å².